The summed E-state index contributed by atoms with van der Waals surface area (Å²) in [6.45, 7) is 1.14. The van der Waals surface area contributed by atoms with Crippen molar-refractivity contribution in [3.63, 3.8) is 0 Å². The smallest absolute Gasteiger partial charge is 0.317 e. The number of carbonyl (C=O) groups is 2. The first-order valence-electron chi connectivity index (χ1n) is 9.51. The lowest BCUT2D eigenvalue weighted by Crippen LogP contribution is -2.41. The number of urea groups is 1. The summed E-state index contributed by atoms with van der Waals surface area (Å²) in [7, 11) is 0. The van der Waals surface area contributed by atoms with Gasteiger partial charge in [-0.15, -0.1) is 0 Å². The minimum Gasteiger partial charge on any atom is -0.481 e. The number of carbonyl (C=O) groups excluding carboxylic acids is 1. The van der Waals surface area contributed by atoms with Crippen molar-refractivity contribution in [3.8, 4) is 11.6 Å². The minimum absolute atomic E-state index is 0.0619. The molecule has 1 aromatic carbocycles. The van der Waals surface area contributed by atoms with Crippen LogP contribution in [-0.2, 0) is 11.3 Å². The molecule has 1 aliphatic heterocycles. The van der Waals surface area contributed by atoms with Crippen molar-refractivity contribution in [1.29, 1.82) is 0 Å². The van der Waals surface area contributed by atoms with E-state index in [0.29, 0.717) is 37.7 Å². The fourth-order valence-electron chi connectivity index (χ4n) is 4.27. The minimum atomic E-state index is -0.775. The van der Waals surface area contributed by atoms with E-state index in [9.17, 15) is 14.7 Å². The standard InChI is InChI=1S/C21H23N3O4/c25-19(26)21-10-4-5-16(21)13-24(14-21)20(27)23-12-15-8-9-18(22-11-15)28-17-6-2-1-3-7-17/h1-3,6-9,11,16H,4-5,10,12-14H2,(H,23,27)(H,25,26)/t16-,21+/m0/s1. The lowest BCUT2D eigenvalue weighted by atomic mass is 9.81. The van der Waals surface area contributed by atoms with E-state index in [1.165, 1.54) is 0 Å². The number of ether oxygens (including phenoxy) is 1. The molecule has 4 rings (SSSR count). The summed E-state index contributed by atoms with van der Waals surface area (Å²) in [5.74, 6) is 0.482. The molecule has 2 aromatic rings. The van der Waals surface area contributed by atoms with E-state index in [1.807, 2.05) is 36.4 Å². The number of nitrogens with zero attached hydrogens (tertiary/aromatic N) is 2. The van der Waals surface area contributed by atoms with Gasteiger partial charge in [-0.2, -0.15) is 0 Å². The third-order valence-electron chi connectivity index (χ3n) is 5.79. The first-order valence-corrected chi connectivity index (χ1v) is 9.51. The second-order valence-corrected chi connectivity index (χ2v) is 7.51. The van der Waals surface area contributed by atoms with Crippen LogP contribution in [-0.4, -0.2) is 40.1 Å². The number of hydrogen-bond acceptors (Lipinski definition) is 4. The molecule has 28 heavy (non-hydrogen) atoms. The Kier molecular flexibility index (Phi) is 4.90. The molecule has 2 heterocycles. The van der Waals surface area contributed by atoms with Gasteiger partial charge < -0.3 is 20.1 Å². The van der Waals surface area contributed by atoms with Crippen LogP contribution in [0.15, 0.2) is 48.7 Å². The van der Waals surface area contributed by atoms with Crippen molar-refractivity contribution in [1.82, 2.24) is 15.2 Å². The van der Waals surface area contributed by atoms with Crippen molar-refractivity contribution in [2.24, 2.45) is 11.3 Å². The predicted molar refractivity (Wildman–Crippen MR) is 102 cm³/mol. The van der Waals surface area contributed by atoms with Gasteiger partial charge in [0, 0.05) is 31.9 Å². The number of aliphatic carboxylic acids is 1. The average molecular weight is 381 g/mol. The number of benzene rings is 1. The highest BCUT2D eigenvalue weighted by molar-refractivity contribution is 5.80. The van der Waals surface area contributed by atoms with Gasteiger partial charge in [0.2, 0.25) is 5.88 Å². The van der Waals surface area contributed by atoms with Crippen molar-refractivity contribution < 1.29 is 19.4 Å². The Hall–Kier alpha value is -3.09. The summed E-state index contributed by atoms with van der Waals surface area (Å²) in [4.78, 5) is 30.1. The number of hydrogen-bond donors (Lipinski definition) is 2. The summed E-state index contributed by atoms with van der Waals surface area (Å²) in [6.07, 6.45) is 4.12. The Bertz CT molecular complexity index is 856. The summed E-state index contributed by atoms with van der Waals surface area (Å²) in [6, 6.07) is 12.8. The van der Waals surface area contributed by atoms with Crippen LogP contribution >= 0.6 is 0 Å². The highest BCUT2D eigenvalue weighted by Gasteiger charge is 2.55. The zero-order chi connectivity index (χ0) is 19.6. The molecule has 2 aliphatic rings. The van der Waals surface area contributed by atoms with Gasteiger partial charge in [0.25, 0.3) is 0 Å². The molecular formula is C21H23N3O4. The number of fused-ring (bicyclic) bond motifs is 1. The maximum absolute atomic E-state index is 12.5. The largest absolute Gasteiger partial charge is 0.481 e. The Morgan fingerprint density at radius 1 is 1.25 bits per heavy atom. The Morgan fingerprint density at radius 2 is 2.07 bits per heavy atom. The molecule has 1 saturated carbocycles. The van der Waals surface area contributed by atoms with Crippen LogP contribution in [0.5, 0.6) is 11.6 Å². The number of pyridine rings is 1. The van der Waals surface area contributed by atoms with Crippen LogP contribution in [0.2, 0.25) is 0 Å². The second-order valence-electron chi connectivity index (χ2n) is 7.51. The molecule has 1 aromatic heterocycles. The first-order chi connectivity index (χ1) is 13.6. The molecule has 7 nitrogen and oxygen atoms in total. The molecule has 1 aliphatic carbocycles. The molecule has 1 saturated heterocycles. The number of likely N-dealkylation sites (tertiary alicyclic amines) is 1. The van der Waals surface area contributed by atoms with Crippen LogP contribution in [0.3, 0.4) is 0 Å². The van der Waals surface area contributed by atoms with Crippen LogP contribution in [0.1, 0.15) is 24.8 Å². The van der Waals surface area contributed by atoms with E-state index in [2.05, 4.69) is 10.3 Å². The molecule has 146 valence electrons. The van der Waals surface area contributed by atoms with Gasteiger partial charge in [0.05, 0.1) is 5.41 Å². The fourth-order valence-corrected chi connectivity index (χ4v) is 4.27. The summed E-state index contributed by atoms with van der Waals surface area (Å²) in [5.41, 5.74) is 0.0936. The van der Waals surface area contributed by atoms with Crippen molar-refractivity contribution in [2.75, 3.05) is 13.1 Å². The highest BCUT2D eigenvalue weighted by atomic mass is 16.5. The summed E-state index contributed by atoms with van der Waals surface area (Å²) >= 11 is 0. The van der Waals surface area contributed by atoms with Crippen LogP contribution in [0.25, 0.3) is 0 Å². The number of aromatic nitrogens is 1. The highest BCUT2D eigenvalue weighted by Crippen LogP contribution is 2.48. The first kappa shape index (κ1) is 18.3. The van der Waals surface area contributed by atoms with Crippen molar-refractivity contribution >= 4 is 12.0 Å². The monoisotopic (exact) mass is 381 g/mol. The lowest BCUT2D eigenvalue weighted by molar-refractivity contribution is -0.149. The fraction of sp³-hybridized carbons (Fsp3) is 0.381. The van der Waals surface area contributed by atoms with Crippen LogP contribution < -0.4 is 10.1 Å². The molecule has 0 bridgehead atoms. The summed E-state index contributed by atoms with van der Waals surface area (Å²) < 4.78 is 5.65. The van der Waals surface area contributed by atoms with Crippen LogP contribution in [0.4, 0.5) is 4.79 Å². The molecule has 7 heteroatoms. The third kappa shape index (κ3) is 3.52. The van der Waals surface area contributed by atoms with Gasteiger partial charge in [0.15, 0.2) is 0 Å². The molecule has 0 spiro atoms. The van der Waals surface area contributed by atoms with Gasteiger partial charge in [-0.1, -0.05) is 30.7 Å². The van der Waals surface area contributed by atoms with E-state index >= 15 is 0 Å². The molecule has 2 amide bonds. The SMILES string of the molecule is O=C(NCc1ccc(Oc2ccccc2)nc1)N1C[C@@H]2CCC[C@@]2(C(=O)O)C1. The van der Waals surface area contributed by atoms with Gasteiger partial charge in [-0.25, -0.2) is 9.78 Å². The lowest BCUT2D eigenvalue weighted by Gasteiger charge is -2.23. The number of rotatable bonds is 5. The second kappa shape index (κ2) is 7.50. The van der Waals surface area contributed by atoms with Gasteiger partial charge in [-0.3, -0.25) is 4.79 Å². The quantitative estimate of drug-likeness (QED) is 0.829. The molecule has 2 fully saturated rings. The predicted octanol–water partition coefficient (Wildman–Crippen LogP) is 3.27. The van der Waals surface area contributed by atoms with E-state index in [4.69, 9.17) is 4.74 Å². The van der Waals surface area contributed by atoms with E-state index < -0.39 is 11.4 Å². The number of para-hydroxylation sites is 1. The topological polar surface area (TPSA) is 91.8 Å². The molecule has 0 unspecified atom stereocenters. The van der Waals surface area contributed by atoms with Crippen LogP contribution in [0, 0.1) is 11.3 Å². The molecule has 0 radical (unpaired) electrons. The maximum Gasteiger partial charge on any atom is 0.317 e. The van der Waals surface area contributed by atoms with Gasteiger partial charge in [-0.05, 0) is 36.5 Å². The Morgan fingerprint density at radius 3 is 2.75 bits per heavy atom. The third-order valence-corrected chi connectivity index (χ3v) is 5.79. The van der Waals surface area contributed by atoms with E-state index in [1.54, 1.807) is 17.2 Å². The zero-order valence-corrected chi connectivity index (χ0v) is 15.5. The number of amides is 2. The number of carboxylic acids is 1. The average Bonchev–Trinajstić information content (AvgIpc) is 3.27. The van der Waals surface area contributed by atoms with Gasteiger partial charge >= 0.3 is 12.0 Å². The maximum atomic E-state index is 12.5. The number of nitrogens with one attached hydrogen (secondary N) is 1. The molecule has 2 atom stereocenters. The van der Waals surface area contributed by atoms with Crippen molar-refractivity contribution in [2.45, 2.75) is 25.8 Å². The van der Waals surface area contributed by atoms with E-state index in [0.717, 1.165) is 18.4 Å². The van der Waals surface area contributed by atoms with Gasteiger partial charge in [0.1, 0.15) is 5.75 Å². The zero-order valence-electron chi connectivity index (χ0n) is 15.5. The van der Waals surface area contributed by atoms with Crippen molar-refractivity contribution in [3.05, 3.63) is 54.2 Å². The number of carboxylic acid groups (broad SMARTS) is 1. The normalized spacial score (nSPS) is 23.3. The Labute approximate surface area is 163 Å². The Balaban J connectivity index is 1.31. The summed E-state index contributed by atoms with van der Waals surface area (Å²) in [5, 5.41) is 12.5. The van der Waals surface area contributed by atoms with E-state index in [-0.39, 0.29) is 11.9 Å². The molecule has 2 N–H and O–H groups in total. The molecular weight excluding hydrogens is 358 g/mol.